The van der Waals surface area contributed by atoms with Crippen molar-refractivity contribution in [3.05, 3.63) is 29.6 Å². The van der Waals surface area contributed by atoms with Gasteiger partial charge < -0.3 is 10.1 Å². The van der Waals surface area contributed by atoms with Crippen LogP contribution in [0.25, 0.3) is 0 Å². The van der Waals surface area contributed by atoms with E-state index in [9.17, 15) is 4.39 Å². The molecule has 1 fully saturated rings. The van der Waals surface area contributed by atoms with Gasteiger partial charge in [-0.2, -0.15) is 0 Å². The van der Waals surface area contributed by atoms with Crippen LogP contribution in [0, 0.1) is 12.7 Å². The van der Waals surface area contributed by atoms with Gasteiger partial charge in [-0.25, -0.2) is 4.39 Å². The molecule has 0 amide bonds. The molecule has 1 aromatic rings. The molecule has 0 aromatic heterocycles. The first-order valence-corrected chi connectivity index (χ1v) is 6.38. The van der Waals surface area contributed by atoms with Gasteiger partial charge in [0.1, 0.15) is 18.2 Å². The number of aryl methyl sites for hydroxylation is 1. The molecule has 0 saturated heterocycles. The molecule has 0 bridgehead atoms. The maximum Gasteiger partial charge on any atom is 0.129 e. The number of rotatable bonds is 5. The fraction of sp³-hybridized carbons (Fsp3) is 0.571. The van der Waals surface area contributed by atoms with Crippen LogP contribution in [-0.2, 0) is 0 Å². The molecule has 0 heterocycles. The summed E-state index contributed by atoms with van der Waals surface area (Å²) in [6.45, 7) is 3.18. The van der Waals surface area contributed by atoms with E-state index < -0.39 is 0 Å². The summed E-state index contributed by atoms with van der Waals surface area (Å²) in [7, 11) is 0. The summed E-state index contributed by atoms with van der Waals surface area (Å²) in [5.74, 6) is 0.410. The second-order valence-electron chi connectivity index (χ2n) is 4.69. The van der Waals surface area contributed by atoms with Crippen LogP contribution < -0.4 is 10.1 Å². The van der Waals surface area contributed by atoms with Crippen LogP contribution in [0.1, 0.15) is 31.2 Å². The molecular weight excluding hydrogens is 217 g/mol. The molecule has 1 aliphatic rings. The van der Waals surface area contributed by atoms with E-state index in [-0.39, 0.29) is 5.82 Å². The van der Waals surface area contributed by atoms with Crippen LogP contribution in [0.15, 0.2) is 18.2 Å². The normalized spacial score (nSPS) is 16.4. The predicted molar refractivity (Wildman–Crippen MR) is 66.9 cm³/mol. The third-order valence-electron chi connectivity index (χ3n) is 3.30. The molecule has 0 atom stereocenters. The lowest BCUT2D eigenvalue weighted by Gasteiger charge is -2.12. The van der Waals surface area contributed by atoms with E-state index in [2.05, 4.69) is 5.32 Å². The molecule has 1 N–H and O–H groups in total. The Morgan fingerprint density at radius 1 is 1.35 bits per heavy atom. The first kappa shape index (κ1) is 12.4. The van der Waals surface area contributed by atoms with Gasteiger partial charge in [0.2, 0.25) is 0 Å². The Kier molecular flexibility index (Phi) is 4.37. The zero-order valence-corrected chi connectivity index (χ0v) is 10.3. The SMILES string of the molecule is Cc1ccc(OCCNC2CCCC2)cc1F. The Hall–Kier alpha value is -1.09. The van der Waals surface area contributed by atoms with Crippen molar-refractivity contribution in [3.63, 3.8) is 0 Å². The molecule has 94 valence electrons. The van der Waals surface area contributed by atoms with Crippen molar-refractivity contribution in [2.75, 3.05) is 13.2 Å². The van der Waals surface area contributed by atoms with Crippen LogP contribution in [0.4, 0.5) is 4.39 Å². The third-order valence-corrected chi connectivity index (χ3v) is 3.30. The summed E-state index contributed by atoms with van der Waals surface area (Å²) in [6.07, 6.45) is 5.22. The lowest BCUT2D eigenvalue weighted by Crippen LogP contribution is -2.30. The Morgan fingerprint density at radius 2 is 2.12 bits per heavy atom. The average molecular weight is 237 g/mol. The van der Waals surface area contributed by atoms with Gasteiger partial charge in [0.15, 0.2) is 0 Å². The number of halogens is 1. The molecule has 0 aliphatic heterocycles. The molecule has 1 saturated carbocycles. The highest BCUT2D eigenvalue weighted by Crippen LogP contribution is 2.18. The van der Waals surface area contributed by atoms with Gasteiger partial charge in [-0.3, -0.25) is 0 Å². The lowest BCUT2D eigenvalue weighted by atomic mass is 10.2. The van der Waals surface area contributed by atoms with E-state index in [1.807, 2.05) is 6.07 Å². The minimum absolute atomic E-state index is 0.203. The highest BCUT2D eigenvalue weighted by molar-refractivity contribution is 5.27. The average Bonchev–Trinajstić information content (AvgIpc) is 2.82. The maximum atomic E-state index is 13.2. The number of nitrogens with one attached hydrogen (secondary N) is 1. The second-order valence-corrected chi connectivity index (χ2v) is 4.69. The van der Waals surface area contributed by atoms with Crippen LogP contribution >= 0.6 is 0 Å². The summed E-state index contributed by atoms with van der Waals surface area (Å²) in [5, 5.41) is 3.46. The minimum atomic E-state index is -0.203. The Balaban J connectivity index is 1.68. The van der Waals surface area contributed by atoms with Crippen molar-refractivity contribution < 1.29 is 9.13 Å². The number of hydrogen-bond acceptors (Lipinski definition) is 2. The van der Waals surface area contributed by atoms with Gasteiger partial charge >= 0.3 is 0 Å². The van der Waals surface area contributed by atoms with Gasteiger partial charge in [-0.05, 0) is 31.4 Å². The van der Waals surface area contributed by atoms with Crippen molar-refractivity contribution in [1.82, 2.24) is 5.32 Å². The maximum absolute atomic E-state index is 13.2. The van der Waals surface area contributed by atoms with Gasteiger partial charge in [0, 0.05) is 18.7 Å². The standard InChI is InChI=1S/C14H20FNO/c1-11-6-7-13(10-14(11)15)17-9-8-16-12-4-2-3-5-12/h6-7,10,12,16H,2-5,8-9H2,1H3. The molecule has 1 aromatic carbocycles. The molecule has 0 radical (unpaired) electrons. The van der Waals surface area contributed by atoms with Gasteiger partial charge in [0.05, 0.1) is 0 Å². The lowest BCUT2D eigenvalue weighted by molar-refractivity contribution is 0.303. The molecule has 3 heteroatoms. The van der Waals surface area contributed by atoms with E-state index in [0.29, 0.717) is 24.0 Å². The quantitative estimate of drug-likeness (QED) is 0.795. The molecular formula is C14H20FNO. The Morgan fingerprint density at radius 3 is 2.82 bits per heavy atom. The van der Waals surface area contributed by atoms with E-state index in [1.54, 1.807) is 13.0 Å². The number of ether oxygens (including phenoxy) is 1. The van der Waals surface area contributed by atoms with E-state index in [1.165, 1.54) is 31.7 Å². The van der Waals surface area contributed by atoms with Gasteiger partial charge in [0.25, 0.3) is 0 Å². The molecule has 0 spiro atoms. The topological polar surface area (TPSA) is 21.3 Å². The van der Waals surface area contributed by atoms with Crippen molar-refractivity contribution in [1.29, 1.82) is 0 Å². The highest BCUT2D eigenvalue weighted by atomic mass is 19.1. The van der Waals surface area contributed by atoms with Gasteiger partial charge in [-0.1, -0.05) is 18.9 Å². The third kappa shape index (κ3) is 3.70. The molecule has 2 rings (SSSR count). The van der Waals surface area contributed by atoms with Crippen LogP contribution in [0.2, 0.25) is 0 Å². The van der Waals surface area contributed by atoms with Crippen molar-refractivity contribution >= 4 is 0 Å². The highest BCUT2D eigenvalue weighted by Gasteiger charge is 2.13. The monoisotopic (exact) mass is 237 g/mol. The fourth-order valence-corrected chi connectivity index (χ4v) is 2.23. The Labute approximate surface area is 102 Å². The fourth-order valence-electron chi connectivity index (χ4n) is 2.23. The number of benzene rings is 1. The largest absolute Gasteiger partial charge is 0.492 e. The van der Waals surface area contributed by atoms with Gasteiger partial charge in [-0.15, -0.1) is 0 Å². The summed E-state index contributed by atoms with van der Waals surface area (Å²) >= 11 is 0. The summed E-state index contributed by atoms with van der Waals surface area (Å²) in [6, 6.07) is 5.67. The van der Waals surface area contributed by atoms with Crippen molar-refractivity contribution in [2.45, 2.75) is 38.6 Å². The summed E-state index contributed by atoms with van der Waals surface area (Å²) in [4.78, 5) is 0. The van der Waals surface area contributed by atoms with Crippen LogP contribution in [0.5, 0.6) is 5.75 Å². The summed E-state index contributed by atoms with van der Waals surface area (Å²) < 4.78 is 18.7. The van der Waals surface area contributed by atoms with Crippen molar-refractivity contribution in [2.24, 2.45) is 0 Å². The smallest absolute Gasteiger partial charge is 0.129 e. The molecule has 1 aliphatic carbocycles. The first-order chi connectivity index (χ1) is 8.25. The van der Waals surface area contributed by atoms with E-state index in [4.69, 9.17) is 4.74 Å². The minimum Gasteiger partial charge on any atom is -0.492 e. The first-order valence-electron chi connectivity index (χ1n) is 6.38. The zero-order valence-electron chi connectivity index (χ0n) is 10.3. The molecule has 2 nitrogen and oxygen atoms in total. The van der Waals surface area contributed by atoms with E-state index >= 15 is 0 Å². The molecule has 0 unspecified atom stereocenters. The van der Waals surface area contributed by atoms with E-state index in [0.717, 1.165) is 6.54 Å². The zero-order chi connectivity index (χ0) is 12.1. The summed E-state index contributed by atoms with van der Waals surface area (Å²) in [5.41, 5.74) is 0.654. The van der Waals surface area contributed by atoms with Crippen LogP contribution in [0.3, 0.4) is 0 Å². The predicted octanol–water partition coefficient (Wildman–Crippen LogP) is 3.05. The Bertz CT molecular complexity index is 361. The number of hydrogen-bond donors (Lipinski definition) is 1. The van der Waals surface area contributed by atoms with Crippen LogP contribution in [-0.4, -0.2) is 19.2 Å². The van der Waals surface area contributed by atoms with Crippen molar-refractivity contribution in [3.8, 4) is 5.75 Å². The second kappa shape index (κ2) is 6.01. The molecule has 17 heavy (non-hydrogen) atoms.